The quantitative estimate of drug-likeness (QED) is 0.804. The van der Waals surface area contributed by atoms with Crippen molar-refractivity contribution < 1.29 is 13.2 Å². The summed E-state index contributed by atoms with van der Waals surface area (Å²) in [5.74, 6) is -0.142. The number of sulfonamides is 1. The van der Waals surface area contributed by atoms with Crippen LogP contribution in [0.15, 0.2) is 29.2 Å². The van der Waals surface area contributed by atoms with Crippen LogP contribution in [-0.4, -0.2) is 51.4 Å². The van der Waals surface area contributed by atoms with Crippen molar-refractivity contribution in [3.63, 3.8) is 0 Å². The number of hydrogen-bond donors (Lipinski definition) is 2. The number of hydrogen-bond acceptors (Lipinski definition) is 4. The summed E-state index contributed by atoms with van der Waals surface area (Å²) in [6.45, 7) is 7.02. The van der Waals surface area contributed by atoms with Crippen molar-refractivity contribution in [1.29, 1.82) is 0 Å². The zero-order valence-corrected chi connectivity index (χ0v) is 17.0. The molecule has 1 aromatic rings. The lowest BCUT2D eigenvalue weighted by atomic mass is 9.78. The standard InChI is InChI=1S/C18H27N3O3S.ClH/c1-14-3-5-16(6-4-14)25(23,24)20-15(2)17(22)21-11-8-18(9-12-21)7-10-19-13-18;/h3-6,15,19-20H,7-13H2,1-2H3;1H. The monoisotopic (exact) mass is 401 g/mol. The number of halogens is 1. The molecule has 8 heteroatoms. The smallest absolute Gasteiger partial charge is 0.241 e. The maximum atomic E-state index is 12.6. The number of likely N-dealkylation sites (tertiary alicyclic amines) is 1. The predicted molar refractivity (Wildman–Crippen MR) is 104 cm³/mol. The van der Waals surface area contributed by atoms with E-state index in [9.17, 15) is 13.2 Å². The molecule has 1 aromatic carbocycles. The first-order valence-electron chi connectivity index (χ1n) is 8.90. The Bertz CT molecular complexity index is 721. The molecule has 2 aliphatic heterocycles. The average Bonchev–Trinajstić information content (AvgIpc) is 3.03. The highest BCUT2D eigenvalue weighted by atomic mass is 35.5. The number of carbonyl (C=O) groups excluding carboxylic acids is 1. The van der Waals surface area contributed by atoms with Gasteiger partial charge >= 0.3 is 0 Å². The van der Waals surface area contributed by atoms with Crippen molar-refractivity contribution in [2.75, 3.05) is 26.2 Å². The first-order chi connectivity index (χ1) is 11.8. The lowest BCUT2D eigenvalue weighted by Crippen LogP contribution is -2.51. The molecule has 2 aliphatic rings. The minimum Gasteiger partial charge on any atom is -0.341 e. The summed E-state index contributed by atoms with van der Waals surface area (Å²) in [6, 6.07) is 5.86. The van der Waals surface area contributed by atoms with E-state index in [1.165, 1.54) is 6.42 Å². The second-order valence-electron chi connectivity index (χ2n) is 7.41. The van der Waals surface area contributed by atoms with Gasteiger partial charge < -0.3 is 10.2 Å². The number of rotatable bonds is 4. The Morgan fingerprint density at radius 1 is 1.19 bits per heavy atom. The van der Waals surface area contributed by atoms with Crippen molar-refractivity contribution >= 4 is 28.3 Å². The molecule has 1 amide bonds. The molecule has 2 fully saturated rings. The first kappa shape index (κ1) is 21.2. The highest BCUT2D eigenvalue weighted by Gasteiger charge is 2.39. The number of nitrogens with zero attached hydrogens (tertiary/aromatic N) is 1. The predicted octanol–water partition coefficient (Wildman–Crippen LogP) is 1.69. The second kappa shape index (κ2) is 8.25. The minimum atomic E-state index is -3.69. The lowest BCUT2D eigenvalue weighted by Gasteiger charge is -2.39. The molecular formula is C18H28ClN3O3S. The van der Waals surface area contributed by atoms with Crippen LogP contribution in [0.1, 0.15) is 31.7 Å². The summed E-state index contributed by atoms with van der Waals surface area (Å²) in [7, 11) is -3.69. The second-order valence-corrected chi connectivity index (χ2v) is 9.12. The fourth-order valence-electron chi connectivity index (χ4n) is 3.77. The van der Waals surface area contributed by atoms with E-state index < -0.39 is 16.1 Å². The van der Waals surface area contributed by atoms with E-state index in [4.69, 9.17) is 0 Å². The molecule has 146 valence electrons. The Kier molecular flexibility index (Phi) is 6.71. The van der Waals surface area contributed by atoms with Crippen LogP contribution in [0.5, 0.6) is 0 Å². The molecule has 0 radical (unpaired) electrons. The normalized spacial score (nSPS) is 20.6. The lowest BCUT2D eigenvalue weighted by molar-refractivity contribution is -0.134. The van der Waals surface area contributed by atoms with Crippen LogP contribution in [0.2, 0.25) is 0 Å². The van der Waals surface area contributed by atoms with Gasteiger partial charge in [-0.15, -0.1) is 12.4 Å². The zero-order valence-electron chi connectivity index (χ0n) is 15.3. The number of aryl methyl sites for hydroxylation is 1. The van der Waals surface area contributed by atoms with Crippen LogP contribution in [0.25, 0.3) is 0 Å². The van der Waals surface area contributed by atoms with E-state index >= 15 is 0 Å². The van der Waals surface area contributed by atoms with E-state index in [-0.39, 0.29) is 23.2 Å². The van der Waals surface area contributed by atoms with Crippen molar-refractivity contribution in [2.45, 2.75) is 44.0 Å². The molecule has 26 heavy (non-hydrogen) atoms. The summed E-state index contributed by atoms with van der Waals surface area (Å²) in [5, 5.41) is 3.41. The number of nitrogens with one attached hydrogen (secondary N) is 2. The van der Waals surface area contributed by atoms with E-state index in [0.29, 0.717) is 18.5 Å². The third-order valence-corrected chi connectivity index (χ3v) is 7.06. The highest BCUT2D eigenvalue weighted by molar-refractivity contribution is 7.89. The molecular weight excluding hydrogens is 374 g/mol. The van der Waals surface area contributed by atoms with E-state index in [1.807, 2.05) is 6.92 Å². The van der Waals surface area contributed by atoms with Gasteiger partial charge in [0.05, 0.1) is 10.9 Å². The van der Waals surface area contributed by atoms with E-state index in [0.717, 1.165) is 31.5 Å². The molecule has 6 nitrogen and oxygen atoms in total. The molecule has 0 bridgehead atoms. The molecule has 2 N–H and O–H groups in total. The molecule has 3 rings (SSSR count). The fourth-order valence-corrected chi connectivity index (χ4v) is 4.96. The van der Waals surface area contributed by atoms with Crippen molar-refractivity contribution in [3.05, 3.63) is 29.8 Å². The van der Waals surface area contributed by atoms with Gasteiger partial charge in [-0.3, -0.25) is 4.79 Å². The molecule has 2 heterocycles. The van der Waals surface area contributed by atoms with Crippen LogP contribution >= 0.6 is 12.4 Å². The Labute approximate surface area is 162 Å². The Morgan fingerprint density at radius 2 is 1.81 bits per heavy atom. The van der Waals surface area contributed by atoms with Gasteiger partial charge in [0, 0.05) is 19.6 Å². The molecule has 1 atom stereocenters. The highest BCUT2D eigenvalue weighted by Crippen LogP contribution is 2.37. The molecule has 1 spiro atoms. The van der Waals surface area contributed by atoms with Gasteiger partial charge in [-0.2, -0.15) is 4.72 Å². The molecule has 0 aromatic heterocycles. The van der Waals surface area contributed by atoms with Crippen LogP contribution in [0.4, 0.5) is 0 Å². The molecule has 2 saturated heterocycles. The van der Waals surface area contributed by atoms with Gasteiger partial charge in [-0.25, -0.2) is 8.42 Å². The maximum absolute atomic E-state index is 12.6. The maximum Gasteiger partial charge on any atom is 0.241 e. The summed E-state index contributed by atoms with van der Waals surface area (Å²) in [6.07, 6.45) is 3.15. The number of benzene rings is 1. The molecule has 0 saturated carbocycles. The van der Waals surface area contributed by atoms with Gasteiger partial charge in [0.1, 0.15) is 0 Å². The van der Waals surface area contributed by atoms with Crippen LogP contribution in [-0.2, 0) is 14.8 Å². The van der Waals surface area contributed by atoms with Crippen LogP contribution in [0, 0.1) is 12.3 Å². The molecule has 1 unspecified atom stereocenters. The third-order valence-electron chi connectivity index (χ3n) is 5.50. The van der Waals surface area contributed by atoms with Gasteiger partial charge in [-0.1, -0.05) is 17.7 Å². The van der Waals surface area contributed by atoms with Crippen LogP contribution in [0.3, 0.4) is 0 Å². The number of piperidine rings is 1. The van der Waals surface area contributed by atoms with Gasteiger partial charge in [-0.05, 0) is 57.2 Å². The van der Waals surface area contributed by atoms with E-state index in [1.54, 1.807) is 36.1 Å². The fraction of sp³-hybridized carbons (Fsp3) is 0.611. The summed E-state index contributed by atoms with van der Waals surface area (Å²) >= 11 is 0. The van der Waals surface area contributed by atoms with E-state index in [2.05, 4.69) is 10.0 Å². The summed E-state index contributed by atoms with van der Waals surface area (Å²) in [5.41, 5.74) is 1.33. The van der Waals surface area contributed by atoms with Crippen molar-refractivity contribution in [1.82, 2.24) is 14.9 Å². The largest absolute Gasteiger partial charge is 0.341 e. The van der Waals surface area contributed by atoms with Crippen molar-refractivity contribution in [2.24, 2.45) is 5.41 Å². The SMILES string of the molecule is Cc1ccc(S(=O)(=O)NC(C)C(=O)N2CCC3(CCNC3)CC2)cc1.Cl. The Balaban J connectivity index is 0.00000243. The van der Waals surface area contributed by atoms with Gasteiger partial charge in [0.15, 0.2) is 0 Å². The Hall–Kier alpha value is -1.15. The van der Waals surface area contributed by atoms with Gasteiger partial charge in [0.2, 0.25) is 15.9 Å². The summed E-state index contributed by atoms with van der Waals surface area (Å²) in [4.78, 5) is 14.6. The van der Waals surface area contributed by atoms with Gasteiger partial charge in [0.25, 0.3) is 0 Å². The summed E-state index contributed by atoms with van der Waals surface area (Å²) < 4.78 is 27.4. The van der Waals surface area contributed by atoms with Crippen molar-refractivity contribution in [3.8, 4) is 0 Å². The zero-order chi connectivity index (χ0) is 18.1. The molecule has 0 aliphatic carbocycles. The van der Waals surface area contributed by atoms with Crippen LogP contribution < -0.4 is 10.0 Å². The Morgan fingerprint density at radius 3 is 2.35 bits per heavy atom. The number of carbonyl (C=O) groups is 1. The topological polar surface area (TPSA) is 78.5 Å². The number of amides is 1. The average molecular weight is 402 g/mol. The first-order valence-corrected chi connectivity index (χ1v) is 10.4. The third kappa shape index (κ3) is 4.57. The minimum absolute atomic E-state index is 0.